The molecule has 0 saturated heterocycles. The molecule has 7 nitrogen and oxygen atoms in total. The summed E-state index contributed by atoms with van der Waals surface area (Å²) in [5.41, 5.74) is 6.27. The maximum Gasteiger partial charge on any atom is 0.266 e. The normalized spacial score (nSPS) is 18.7. The summed E-state index contributed by atoms with van der Waals surface area (Å²) >= 11 is 3.61. The van der Waals surface area contributed by atoms with Crippen LogP contribution in [0.25, 0.3) is 0 Å². The van der Waals surface area contributed by atoms with Crippen molar-refractivity contribution in [2.45, 2.75) is 24.5 Å². The molecule has 9 heteroatoms. The number of hydrazine groups is 1. The van der Waals surface area contributed by atoms with Crippen LogP contribution in [-0.4, -0.2) is 48.9 Å². The van der Waals surface area contributed by atoms with E-state index in [4.69, 9.17) is 19.6 Å². The molecule has 0 unspecified atom stereocenters. The van der Waals surface area contributed by atoms with E-state index in [0.717, 1.165) is 15.6 Å². The van der Waals surface area contributed by atoms with E-state index in [2.05, 4.69) is 26.8 Å². The van der Waals surface area contributed by atoms with Crippen LogP contribution in [0.4, 0.5) is 4.39 Å². The second kappa shape index (κ2) is 12.8. The van der Waals surface area contributed by atoms with E-state index < -0.39 is 24.2 Å². The number of alkyl halides is 1. The predicted octanol–water partition coefficient (Wildman–Crippen LogP) is 4.30. The molecule has 3 N–H and O–H groups in total. The number of aliphatic imine (C=N–C) groups is 1. The number of halogens is 2. The first-order valence-electron chi connectivity index (χ1n) is 12.1. The Hall–Kier alpha value is -3.27. The minimum Gasteiger partial charge on any atom is -0.494 e. The van der Waals surface area contributed by atoms with Crippen LogP contribution in [0.3, 0.4) is 0 Å². The van der Waals surface area contributed by atoms with E-state index in [-0.39, 0.29) is 19.6 Å². The quantitative estimate of drug-likeness (QED) is 0.223. The van der Waals surface area contributed by atoms with E-state index in [9.17, 15) is 9.18 Å². The van der Waals surface area contributed by atoms with Gasteiger partial charge in [0.15, 0.2) is 11.6 Å². The molecule has 194 valence electrons. The van der Waals surface area contributed by atoms with Gasteiger partial charge in [-0.05, 0) is 35.9 Å². The van der Waals surface area contributed by atoms with Gasteiger partial charge in [-0.15, -0.1) is 0 Å². The molecule has 1 aliphatic heterocycles. The zero-order chi connectivity index (χ0) is 26.1. The van der Waals surface area contributed by atoms with Crippen molar-refractivity contribution in [2.75, 3.05) is 26.4 Å². The first kappa shape index (κ1) is 26.8. The number of amides is 1. The summed E-state index contributed by atoms with van der Waals surface area (Å²) < 4.78 is 25.6. The van der Waals surface area contributed by atoms with Crippen LogP contribution < -0.4 is 15.6 Å². The third-order valence-corrected chi connectivity index (χ3v) is 6.68. The first-order valence-corrected chi connectivity index (χ1v) is 12.8. The summed E-state index contributed by atoms with van der Waals surface area (Å²) in [6.07, 6.45) is 0.0408. The Morgan fingerprint density at radius 1 is 1.08 bits per heavy atom. The van der Waals surface area contributed by atoms with Crippen LogP contribution in [0.2, 0.25) is 0 Å². The molecule has 3 aromatic carbocycles. The predicted molar refractivity (Wildman–Crippen MR) is 143 cm³/mol. The number of hydrogen-bond acceptors (Lipinski definition) is 6. The number of rotatable bonds is 12. The maximum absolute atomic E-state index is 13.8. The second-order valence-corrected chi connectivity index (χ2v) is 9.40. The minimum atomic E-state index is -1.37. The Morgan fingerprint density at radius 2 is 1.81 bits per heavy atom. The van der Waals surface area contributed by atoms with Crippen molar-refractivity contribution in [3.05, 3.63) is 100 Å². The van der Waals surface area contributed by atoms with Gasteiger partial charge in [-0.1, -0.05) is 64.5 Å². The Bertz CT molecular complexity index is 1210. The highest BCUT2D eigenvalue weighted by Gasteiger charge is 2.53. The number of ether oxygens (including phenoxy) is 2. The molecule has 37 heavy (non-hydrogen) atoms. The largest absolute Gasteiger partial charge is 0.494 e. The van der Waals surface area contributed by atoms with Crippen molar-refractivity contribution in [1.82, 2.24) is 10.9 Å². The molecule has 2 atom stereocenters. The SMILES string of the molecule is O=C(NNCCF)[C@@]1(Cc2ccccc2)N=C(c2ccc(OCCCO)cc2)O[C@H]1c1ccccc1Br. The van der Waals surface area contributed by atoms with E-state index in [1.54, 1.807) is 12.1 Å². The molecule has 0 radical (unpaired) electrons. The first-order chi connectivity index (χ1) is 18.1. The van der Waals surface area contributed by atoms with Crippen LogP contribution in [0.5, 0.6) is 5.75 Å². The third kappa shape index (κ3) is 6.36. The highest BCUT2D eigenvalue weighted by atomic mass is 79.9. The van der Waals surface area contributed by atoms with Crippen LogP contribution in [0.15, 0.2) is 88.3 Å². The van der Waals surface area contributed by atoms with Gasteiger partial charge < -0.3 is 14.6 Å². The summed E-state index contributed by atoms with van der Waals surface area (Å²) in [6.45, 7) is -0.187. The minimum absolute atomic E-state index is 0.0258. The number of aliphatic hydroxyl groups is 1. The monoisotopic (exact) mass is 569 g/mol. The van der Waals surface area contributed by atoms with Crippen LogP contribution >= 0.6 is 15.9 Å². The molecule has 0 aliphatic carbocycles. The van der Waals surface area contributed by atoms with Crippen LogP contribution in [-0.2, 0) is 16.0 Å². The Kier molecular flexibility index (Phi) is 9.27. The molecule has 0 spiro atoms. The lowest BCUT2D eigenvalue weighted by molar-refractivity contribution is -0.130. The Labute approximate surface area is 223 Å². The van der Waals surface area contributed by atoms with Gasteiger partial charge >= 0.3 is 0 Å². The van der Waals surface area contributed by atoms with Gasteiger partial charge in [0.2, 0.25) is 5.90 Å². The molecule has 1 heterocycles. The fourth-order valence-corrected chi connectivity index (χ4v) is 4.65. The molecule has 4 rings (SSSR count). The summed E-state index contributed by atoms with van der Waals surface area (Å²) in [4.78, 5) is 18.7. The van der Waals surface area contributed by atoms with Gasteiger partial charge in [0.1, 0.15) is 12.4 Å². The van der Waals surface area contributed by atoms with Crippen LogP contribution in [0, 0.1) is 0 Å². The number of carbonyl (C=O) groups is 1. The van der Waals surface area contributed by atoms with Crippen molar-refractivity contribution >= 4 is 27.7 Å². The van der Waals surface area contributed by atoms with E-state index >= 15 is 0 Å². The summed E-state index contributed by atoms with van der Waals surface area (Å²) in [6, 6.07) is 24.4. The Balaban J connectivity index is 1.76. The lowest BCUT2D eigenvalue weighted by Crippen LogP contribution is -2.54. The molecular weight excluding hydrogens is 541 g/mol. The third-order valence-electron chi connectivity index (χ3n) is 5.96. The standard InChI is InChI=1S/C28H29BrFN3O4/c29-24-10-5-4-9-23(24)25-28(27(35)33-31-16-15-30,19-20-7-2-1-3-8-20)32-26(37-25)21-11-13-22(14-12-21)36-18-6-17-34/h1-5,7-14,25,31,34H,6,15-19H2,(H,33,35)/t25-,28-/m0/s1. The molecule has 1 aliphatic rings. The molecule has 1 amide bonds. The van der Waals surface area contributed by atoms with Gasteiger partial charge in [0.05, 0.1) is 6.61 Å². The second-order valence-electron chi connectivity index (χ2n) is 8.54. The fraction of sp³-hybridized carbons (Fsp3) is 0.286. The number of carbonyl (C=O) groups excluding carboxylic acids is 1. The number of nitrogens with one attached hydrogen (secondary N) is 2. The molecule has 0 bridgehead atoms. The van der Waals surface area contributed by atoms with Gasteiger partial charge in [0, 0.05) is 41.6 Å². The van der Waals surface area contributed by atoms with Gasteiger partial charge in [-0.25, -0.2) is 14.8 Å². The summed E-state index contributed by atoms with van der Waals surface area (Å²) in [5, 5.41) is 8.97. The lowest BCUT2D eigenvalue weighted by Gasteiger charge is -2.31. The summed E-state index contributed by atoms with van der Waals surface area (Å²) in [5.74, 6) is 0.547. The van der Waals surface area contributed by atoms with Crippen molar-refractivity contribution < 1.29 is 23.8 Å². The maximum atomic E-state index is 13.8. The topological polar surface area (TPSA) is 92.2 Å². The average Bonchev–Trinajstić information content (AvgIpc) is 3.30. The van der Waals surface area contributed by atoms with Crippen molar-refractivity contribution in [3.63, 3.8) is 0 Å². The number of hydrogen-bond donors (Lipinski definition) is 3. The molecule has 0 fully saturated rings. The van der Waals surface area contributed by atoms with Crippen LogP contribution in [0.1, 0.15) is 29.2 Å². The van der Waals surface area contributed by atoms with E-state index in [1.807, 2.05) is 66.7 Å². The van der Waals surface area contributed by atoms with Gasteiger partial charge in [-0.3, -0.25) is 10.2 Å². The highest BCUT2D eigenvalue weighted by Crippen LogP contribution is 2.44. The van der Waals surface area contributed by atoms with Gasteiger partial charge in [0.25, 0.3) is 5.91 Å². The van der Waals surface area contributed by atoms with Crippen molar-refractivity contribution in [2.24, 2.45) is 4.99 Å². The zero-order valence-electron chi connectivity index (χ0n) is 20.2. The number of aliphatic hydroxyl groups excluding tert-OH is 1. The zero-order valence-corrected chi connectivity index (χ0v) is 21.8. The molecular formula is C28H29BrFN3O4. The van der Waals surface area contributed by atoms with E-state index in [1.165, 1.54) is 0 Å². The Morgan fingerprint density at radius 3 is 2.51 bits per heavy atom. The molecule has 3 aromatic rings. The lowest BCUT2D eigenvalue weighted by atomic mass is 9.82. The fourth-order valence-electron chi connectivity index (χ4n) is 4.15. The molecule has 0 aromatic heterocycles. The molecule has 0 saturated carbocycles. The number of benzene rings is 3. The van der Waals surface area contributed by atoms with Crippen molar-refractivity contribution in [1.29, 1.82) is 0 Å². The smallest absolute Gasteiger partial charge is 0.266 e. The highest BCUT2D eigenvalue weighted by molar-refractivity contribution is 9.10. The summed E-state index contributed by atoms with van der Waals surface area (Å²) in [7, 11) is 0. The average molecular weight is 570 g/mol. The van der Waals surface area contributed by atoms with E-state index in [0.29, 0.717) is 30.2 Å². The number of nitrogens with zero attached hydrogens (tertiary/aromatic N) is 1. The van der Waals surface area contributed by atoms with Gasteiger partial charge in [-0.2, -0.15) is 0 Å². The van der Waals surface area contributed by atoms with Crippen molar-refractivity contribution in [3.8, 4) is 5.75 Å².